The zero-order chi connectivity index (χ0) is 12.3. The van der Waals surface area contributed by atoms with E-state index in [0.717, 1.165) is 12.1 Å². The van der Waals surface area contributed by atoms with Gasteiger partial charge in [-0.2, -0.15) is 0 Å². The normalized spacial score (nSPS) is 11.3. The maximum absolute atomic E-state index is 12.9. The van der Waals surface area contributed by atoms with Gasteiger partial charge in [-0.15, -0.1) is 0 Å². The van der Waals surface area contributed by atoms with Crippen LogP contribution in [-0.4, -0.2) is 5.91 Å². The number of carbonyl (C=O) groups is 1. The summed E-state index contributed by atoms with van der Waals surface area (Å²) in [5, 5.41) is 2.56. The van der Waals surface area contributed by atoms with Gasteiger partial charge in [0.05, 0.1) is 0 Å². The fourth-order valence-corrected chi connectivity index (χ4v) is 1.03. The van der Waals surface area contributed by atoms with E-state index in [1.165, 1.54) is 6.07 Å². The van der Waals surface area contributed by atoms with Crippen LogP contribution in [0.5, 0.6) is 0 Å². The number of benzene rings is 1. The van der Waals surface area contributed by atoms with Crippen molar-refractivity contribution in [3.63, 3.8) is 0 Å². The summed E-state index contributed by atoms with van der Waals surface area (Å²) in [6, 6.07) is 3.30. The summed E-state index contributed by atoms with van der Waals surface area (Å²) in [6.45, 7) is 5.48. The van der Waals surface area contributed by atoms with Gasteiger partial charge in [0.2, 0.25) is 5.91 Å². The Morgan fingerprint density at radius 2 is 1.94 bits per heavy atom. The van der Waals surface area contributed by atoms with Gasteiger partial charge >= 0.3 is 0 Å². The first-order valence-electron chi connectivity index (χ1n) is 5.13. The monoisotopic (exact) mass is 227 g/mol. The van der Waals surface area contributed by atoms with Crippen LogP contribution in [0.3, 0.4) is 0 Å². The molecular formula is C12H15F2NO. The van der Waals surface area contributed by atoms with Gasteiger partial charge in [0.1, 0.15) is 0 Å². The molecule has 1 amide bonds. The van der Waals surface area contributed by atoms with Crippen LogP contribution < -0.4 is 5.32 Å². The van der Waals surface area contributed by atoms with E-state index in [-0.39, 0.29) is 11.6 Å². The third kappa shape index (κ3) is 2.78. The Morgan fingerprint density at radius 3 is 2.44 bits per heavy atom. The van der Waals surface area contributed by atoms with Crippen LogP contribution in [0.1, 0.15) is 27.2 Å². The number of rotatable bonds is 3. The molecule has 0 spiro atoms. The van der Waals surface area contributed by atoms with Crippen LogP contribution in [0.15, 0.2) is 18.2 Å². The van der Waals surface area contributed by atoms with E-state index in [1.54, 1.807) is 13.8 Å². The molecule has 2 nitrogen and oxygen atoms in total. The Kier molecular flexibility index (Phi) is 3.62. The van der Waals surface area contributed by atoms with Gasteiger partial charge in [0, 0.05) is 17.2 Å². The summed E-state index contributed by atoms with van der Waals surface area (Å²) in [5.41, 5.74) is -0.254. The number of hydrogen-bond acceptors (Lipinski definition) is 1. The van der Waals surface area contributed by atoms with Crippen molar-refractivity contribution >= 4 is 11.6 Å². The lowest BCUT2D eigenvalue weighted by atomic mass is 9.89. The number of nitrogens with one attached hydrogen (secondary N) is 1. The summed E-state index contributed by atoms with van der Waals surface area (Å²) < 4.78 is 25.5. The number of carbonyl (C=O) groups excluding carboxylic acids is 1. The van der Waals surface area contributed by atoms with Crippen LogP contribution in [0.25, 0.3) is 0 Å². The van der Waals surface area contributed by atoms with Crippen LogP contribution in [-0.2, 0) is 4.79 Å². The maximum Gasteiger partial charge on any atom is 0.230 e. The van der Waals surface area contributed by atoms with E-state index < -0.39 is 17.0 Å². The van der Waals surface area contributed by atoms with E-state index in [4.69, 9.17) is 0 Å². The molecule has 1 aromatic carbocycles. The van der Waals surface area contributed by atoms with Crippen molar-refractivity contribution in [2.75, 3.05) is 5.32 Å². The third-order valence-electron chi connectivity index (χ3n) is 2.68. The summed E-state index contributed by atoms with van der Waals surface area (Å²) in [6.07, 6.45) is 0.669. The number of anilines is 1. The lowest BCUT2D eigenvalue weighted by molar-refractivity contribution is -0.124. The first-order chi connectivity index (χ1) is 7.36. The molecule has 0 fully saturated rings. The quantitative estimate of drug-likeness (QED) is 0.843. The molecule has 88 valence electrons. The maximum atomic E-state index is 12.9. The van der Waals surface area contributed by atoms with Crippen molar-refractivity contribution in [2.24, 2.45) is 5.41 Å². The largest absolute Gasteiger partial charge is 0.326 e. The topological polar surface area (TPSA) is 29.1 Å². The van der Waals surface area contributed by atoms with E-state index in [1.807, 2.05) is 6.92 Å². The summed E-state index contributed by atoms with van der Waals surface area (Å²) in [4.78, 5) is 11.7. The molecule has 1 rings (SSSR count). The number of hydrogen-bond donors (Lipinski definition) is 1. The molecule has 0 saturated carbocycles. The average Bonchev–Trinajstić information content (AvgIpc) is 2.23. The molecule has 0 radical (unpaired) electrons. The van der Waals surface area contributed by atoms with Gasteiger partial charge in [0.25, 0.3) is 0 Å². The molecule has 0 aromatic heterocycles. The number of halogens is 2. The molecule has 0 aliphatic heterocycles. The van der Waals surface area contributed by atoms with Gasteiger partial charge in [-0.1, -0.05) is 20.8 Å². The van der Waals surface area contributed by atoms with Gasteiger partial charge in [-0.25, -0.2) is 8.78 Å². The first kappa shape index (κ1) is 12.6. The van der Waals surface area contributed by atoms with Crippen LogP contribution in [0, 0.1) is 17.0 Å². The van der Waals surface area contributed by atoms with Crippen molar-refractivity contribution in [2.45, 2.75) is 27.2 Å². The minimum absolute atomic E-state index is 0.207. The summed E-state index contributed by atoms with van der Waals surface area (Å²) in [5.74, 6) is -2.10. The molecule has 0 aliphatic rings. The molecular weight excluding hydrogens is 212 g/mol. The van der Waals surface area contributed by atoms with Crippen LogP contribution in [0.4, 0.5) is 14.5 Å². The van der Waals surface area contributed by atoms with Crippen molar-refractivity contribution in [1.82, 2.24) is 0 Å². The van der Waals surface area contributed by atoms with Gasteiger partial charge in [0.15, 0.2) is 11.6 Å². The standard InChI is InChI=1S/C12H15F2NO/c1-4-12(2,3)11(16)15-8-5-6-9(13)10(14)7-8/h5-7H,4H2,1-3H3,(H,15,16). The summed E-state index contributed by atoms with van der Waals surface area (Å²) >= 11 is 0. The van der Waals surface area contributed by atoms with Crippen molar-refractivity contribution < 1.29 is 13.6 Å². The highest BCUT2D eigenvalue weighted by Gasteiger charge is 2.25. The Labute approximate surface area is 93.7 Å². The third-order valence-corrected chi connectivity index (χ3v) is 2.68. The molecule has 4 heteroatoms. The SMILES string of the molecule is CCC(C)(C)C(=O)Nc1ccc(F)c(F)c1. The Hall–Kier alpha value is -1.45. The molecule has 1 N–H and O–H groups in total. The molecule has 0 heterocycles. The van der Waals surface area contributed by atoms with E-state index in [9.17, 15) is 13.6 Å². The lowest BCUT2D eigenvalue weighted by Crippen LogP contribution is -2.30. The first-order valence-corrected chi connectivity index (χ1v) is 5.13. The number of amides is 1. The smallest absolute Gasteiger partial charge is 0.230 e. The minimum atomic E-state index is -0.966. The second-order valence-corrected chi connectivity index (χ2v) is 4.32. The van der Waals surface area contributed by atoms with Crippen molar-refractivity contribution in [3.8, 4) is 0 Å². The average molecular weight is 227 g/mol. The van der Waals surface area contributed by atoms with Gasteiger partial charge in [-0.3, -0.25) is 4.79 Å². The molecule has 0 atom stereocenters. The highest BCUT2D eigenvalue weighted by atomic mass is 19.2. The zero-order valence-electron chi connectivity index (χ0n) is 9.60. The fourth-order valence-electron chi connectivity index (χ4n) is 1.03. The molecule has 1 aromatic rings. The molecule has 0 bridgehead atoms. The van der Waals surface area contributed by atoms with E-state index >= 15 is 0 Å². The molecule has 16 heavy (non-hydrogen) atoms. The zero-order valence-corrected chi connectivity index (χ0v) is 9.60. The fraction of sp³-hybridized carbons (Fsp3) is 0.417. The Balaban J connectivity index is 2.82. The predicted octanol–water partition coefficient (Wildman–Crippen LogP) is 3.34. The molecule has 0 unspecified atom stereocenters. The second kappa shape index (κ2) is 4.60. The van der Waals surface area contributed by atoms with E-state index in [2.05, 4.69) is 5.32 Å². The lowest BCUT2D eigenvalue weighted by Gasteiger charge is -2.21. The predicted molar refractivity (Wildman–Crippen MR) is 59.1 cm³/mol. The summed E-state index contributed by atoms with van der Waals surface area (Å²) in [7, 11) is 0. The highest BCUT2D eigenvalue weighted by Crippen LogP contribution is 2.22. The minimum Gasteiger partial charge on any atom is -0.326 e. The highest BCUT2D eigenvalue weighted by molar-refractivity contribution is 5.94. The van der Waals surface area contributed by atoms with Crippen LogP contribution >= 0.6 is 0 Å². The van der Waals surface area contributed by atoms with Gasteiger partial charge in [-0.05, 0) is 18.6 Å². The van der Waals surface area contributed by atoms with Crippen molar-refractivity contribution in [3.05, 3.63) is 29.8 Å². The Bertz CT molecular complexity index is 402. The molecule has 0 saturated heterocycles. The van der Waals surface area contributed by atoms with Crippen LogP contribution in [0.2, 0.25) is 0 Å². The second-order valence-electron chi connectivity index (χ2n) is 4.32. The molecule has 0 aliphatic carbocycles. The van der Waals surface area contributed by atoms with E-state index in [0.29, 0.717) is 6.42 Å². The van der Waals surface area contributed by atoms with Crippen molar-refractivity contribution in [1.29, 1.82) is 0 Å². The Morgan fingerprint density at radius 1 is 1.31 bits per heavy atom. The van der Waals surface area contributed by atoms with Gasteiger partial charge < -0.3 is 5.32 Å².